The summed E-state index contributed by atoms with van der Waals surface area (Å²) in [6.45, 7) is 0.0433. The molecule has 3 N–H and O–H groups in total. The van der Waals surface area contributed by atoms with Gasteiger partial charge in [-0.1, -0.05) is 11.6 Å². The van der Waals surface area contributed by atoms with Crippen LogP contribution in [0, 0.1) is 5.92 Å². The molecule has 1 aromatic carbocycles. The minimum Gasteiger partial charge on any atom is -0.480 e. The molecule has 1 aliphatic heterocycles. The van der Waals surface area contributed by atoms with E-state index in [2.05, 4.69) is 15.6 Å². The third-order valence-electron chi connectivity index (χ3n) is 6.37. The van der Waals surface area contributed by atoms with Crippen LogP contribution >= 0.6 is 11.6 Å². The molecule has 0 unspecified atom stereocenters. The summed E-state index contributed by atoms with van der Waals surface area (Å²) in [6, 6.07) is 6.95. The number of alkyl halides is 3. The Kier molecular flexibility index (Phi) is 7.51. The first kappa shape index (κ1) is 25.2. The van der Waals surface area contributed by atoms with E-state index in [1.807, 2.05) is 0 Å². The van der Waals surface area contributed by atoms with Gasteiger partial charge in [-0.25, -0.2) is 0 Å². The molecule has 1 aliphatic carbocycles. The Morgan fingerprint density at radius 2 is 1.86 bits per heavy atom. The van der Waals surface area contributed by atoms with Gasteiger partial charge in [-0.2, -0.15) is 13.2 Å². The van der Waals surface area contributed by atoms with Crippen molar-refractivity contribution in [3.8, 4) is 5.75 Å². The highest BCUT2D eigenvalue weighted by Gasteiger charge is 2.34. The molecule has 188 valence electrons. The number of aliphatic hydroxyl groups excluding tert-OH is 1. The first-order chi connectivity index (χ1) is 16.6. The number of fused-ring (bicyclic) bond motifs is 1. The number of rotatable bonds is 5. The van der Waals surface area contributed by atoms with E-state index in [0.717, 1.165) is 12.3 Å². The van der Waals surface area contributed by atoms with E-state index in [1.165, 1.54) is 6.07 Å². The van der Waals surface area contributed by atoms with E-state index in [1.54, 1.807) is 18.2 Å². The average Bonchev–Trinajstić information content (AvgIpc) is 2.83. The number of pyridine rings is 1. The summed E-state index contributed by atoms with van der Waals surface area (Å²) in [7, 11) is 0. The first-order valence-corrected chi connectivity index (χ1v) is 11.7. The van der Waals surface area contributed by atoms with Crippen LogP contribution < -0.4 is 15.4 Å². The van der Waals surface area contributed by atoms with Crippen LogP contribution in [0.1, 0.15) is 55.0 Å². The highest BCUT2D eigenvalue weighted by molar-refractivity contribution is 6.30. The number of aliphatic hydroxyl groups is 1. The maximum absolute atomic E-state index is 12.7. The second-order valence-electron chi connectivity index (χ2n) is 8.85. The molecule has 2 heterocycles. The minimum atomic E-state index is -4.45. The van der Waals surface area contributed by atoms with Gasteiger partial charge in [0, 0.05) is 35.2 Å². The summed E-state index contributed by atoms with van der Waals surface area (Å²) in [4.78, 5) is 29.0. The van der Waals surface area contributed by atoms with Crippen molar-refractivity contribution in [3.05, 3.63) is 58.4 Å². The average molecular weight is 512 g/mol. The Bertz CT molecular complexity index is 1070. The van der Waals surface area contributed by atoms with Gasteiger partial charge in [0.25, 0.3) is 5.91 Å². The minimum absolute atomic E-state index is 0.0433. The zero-order chi connectivity index (χ0) is 25.2. The van der Waals surface area contributed by atoms with Crippen LogP contribution in [-0.2, 0) is 22.3 Å². The van der Waals surface area contributed by atoms with Crippen LogP contribution in [0.15, 0.2) is 36.5 Å². The third-order valence-corrected chi connectivity index (χ3v) is 6.61. The van der Waals surface area contributed by atoms with Crippen molar-refractivity contribution in [1.29, 1.82) is 0 Å². The van der Waals surface area contributed by atoms with Crippen molar-refractivity contribution in [1.82, 2.24) is 15.6 Å². The molecule has 2 atom stereocenters. The molecule has 0 radical (unpaired) electrons. The second-order valence-corrected chi connectivity index (χ2v) is 9.29. The Labute approximate surface area is 205 Å². The van der Waals surface area contributed by atoms with Crippen molar-refractivity contribution in [3.63, 3.8) is 0 Å². The summed E-state index contributed by atoms with van der Waals surface area (Å²) in [5.74, 6) is -0.324. The molecule has 2 amide bonds. The van der Waals surface area contributed by atoms with E-state index in [4.69, 9.17) is 16.3 Å². The third kappa shape index (κ3) is 6.24. The van der Waals surface area contributed by atoms with Crippen molar-refractivity contribution in [2.24, 2.45) is 5.92 Å². The number of benzene rings is 1. The number of hydrogen-bond donors (Lipinski definition) is 3. The van der Waals surface area contributed by atoms with E-state index in [-0.39, 0.29) is 36.7 Å². The molecule has 11 heteroatoms. The van der Waals surface area contributed by atoms with Crippen LogP contribution in [0.2, 0.25) is 5.02 Å². The van der Waals surface area contributed by atoms with E-state index in [0.29, 0.717) is 47.7 Å². The number of ether oxygens (including phenoxy) is 1. The predicted octanol–water partition coefficient (Wildman–Crippen LogP) is 3.93. The molecule has 1 saturated carbocycles. The van der Waals surface area contributed by atoms with Crippen LogP contribution in [0.25, 0.3) is 0 Å². The van der Waals surface area contributed by atoms with Gasteiger partial charge < -0.3 is 20.5 Å². The topological polar surface area (TPSA) is 101 Å². The fourth-order valence-electron chi connectivity index (χ4n) is 4.39. The van der Waals surface area contributed by atoms with Gasteiger partial charge in [-0.15, -0.1) is 0 Å². The number of nitrogens with one attached hydrogen (secondary N) is 2. The number of amides is 2. The lowest BCUT2D eigenvalue weighted by Crippen LogP contribution is -2.47. The summed E-state index contributed by atoms with van der Waals surface area (Å²) in [6.07, 6.45) is -2.94. The van der Waals surface area contributed by atoms with Gasteiger partial charge in [0.05, 0.1) is 23.9 Å². The lowest BCUT2D eigenvalue weighted by Gasteiger charge is -2.32. The molecule has 0 spiro atoms. The maximum atomic E-state index is 12.7. The maximum Gasteiger partial charge on any atom is 0.417 e. The normalized spacial score (nSPS) is 24.1. The van der Waals surface area contributed by atoms with Gasteiger partial charge in [0.2, 0.25) is 5.91 Å². The van der Waals surface area contributed by atoms with Gasteiger partial charge >= 0.3 is 6.18 Å². The number of halogens is 4. The summed E-state index contributed by atoms with van der Waals surface area (Å²) < 4.78 is 43.6. The molecule has 2 aliphatic rings. The predicted molar refractivity (Wildman–Crippen MR) is 120 cm³/mol. The lowest BCUT2D eigenvalue weighted by molar-refractivity contribution is -0.138. The molecule has 35 heavy (non-hydrogen) atoms. The Morgan fingerprint density at radius 3 is 2.51 bits per heavy atom. The number of carbonyl (C=O) groups excluding carboxylic acids is 2. The Hall–Kier alpha value is -2.85. The number of hydrogen-bond acceptors (Lipinski definition) is 5. The standard InChI is InChI=1S/C24H25ClF3N3O4/c25-15-4-8-20-18(9-15)19(32)10-21(35-20)23(34)31-16-5-1-13(2-6-16)22(33)30-12-17-7-3-14(11-29-17)24(26,27)28/h3-4,7-9,11,13,16,19,21,32H,1-2,5-6,10,12H2,(H,30,33)(H,31,34)/t13-,16-,19-,21-/m1/s1. The van der Waals surface area contributed by atoms with E-state index in [9.17, 15) is 27.9 Å². The summed E-state index contributed by atoms with van der Waals surface area (Å²) in [5, 5.41) is 16.5. The Morgan fingerprint density at radius 1 is 1.11 bits per heavy atom. The largest absolute Gasteiger partial charge is 0.480 e. The van der Waals surface area contributed by atoms with Gasteiger partial charge in [0.15, 0.2) is 6.10 Å². The molecule has 1 fully saturated rings. The molecule has 1 aromatic heterocycles. The van der Waals surface area contributed by atoms with Gasteiger partial charge in [0.1, 0.15) is 5.75 Å². The molecular weight excluding hydrogens is 487 g/mol. The highest BCUT2D eigenvalue weighted by atomic mass is 35.5. The number of aromatic nitrogens is 1. The zero-order valence-electron chi connectivity index (χ0n) is 18.6. The fraction of sp³-hybridized carbons (Fsp3) is 0.458. The van der Waals surface area contributed by atoms with Crippen molar-refractivity contribution in [2.75, 3.05) is 0 Å². The van der Waals surface area contributed by atoms with E-state index < -0.39 is 23.9 Å². The van der Waals surface area contributed by atoms with Crippen LogP contribution in [0.3, 0.4) is 0 Å². The molecule has 7 nitrogen and oxygen atoms in total. The second kappa shape index (κ2) is 10.4. The van der Waals surface area contributed by atoms with Crippen LogP contribution in [-0.4, -0.2) is 34.1 Å². The SMILES string of the molecule is O=C(N[C@H]1CC[C@H](C(=O)NCc2ccc(C(F)(F)F)cn2)CC1)[C@H]1C[C@@H](O)c2cc(Cl)ccc2O1. The number of carbonyl (C=O) groups is 2. The summed E-state index contributed by atoms with van der Waals surface area (Å²) >= 11 is 5.96. The highest BCUT2D eigenvalue weighted by Crippen LogP contribution is 2.36. The van der Waals surface area contributed by atoms with Crippen LogP contribution in [0.4, 0.5) is 13.2 Å². The molecule has 0 bridgehead atoms. The molecule has 2 aromatic rings. The summed E-state index contributed by atoms with van der Waals surface area (Å²) in [5.41, 5.74) is 0.0556. The quantitative estimate of drug-likeness (QED) is 0.565. The lowest BCUT2D eigenvalue weighted by atomic mass is 9.85. The van der Waals surface area contributed by atoms with Gasteiger partial charge in [-0.3, -0.25) is 14.6 Å². The monoisotopic (exact) mass is 511 g/mol. The van der Waals surface area contributed by atoms with Crippen LogP contribution in [0.5, 0.6) is 5.75 Å². The molecule has 4 rings (SSSR count). The van der Waals surface area contributed by atoms with Crippen molar-refractivity contribution >= 4 is 23.4 Å². The Balaban J connectivity index is 1.22. The molecular formula is C24H25ClF3N3O4. The molecule has 0 saturated heterocycles. The van der Waals surface area contributed by atoms with Gasteiger partial charge in [-0.05, 0) is 56.0 Å². The van der Waals surface area contributed by atoms with Crippen molar-refractivity contribution < 1.29 is 32.6 Å². The van der Waals surface area contributed by atoms with E-state index >= 15 is 0 Å². The number of nitrogens with zero attached hydrogens (tertiary/aromatic N) is 1. The zero-order valence-corrected chi connectivity index (χ0v) is 19.4. The first-order valence-electron chi connectivity index (χ1n) is 11.3. The smallest absolute Gasteiger partial charge is 0.417 e. The van der Waals surface area contributed by atoms with Crippen molar-refractivity contribution in [2.45, 2.75) is 63.1 Å². The fourth-order valence-corrected chi connectivity index (χ4v) is 4.57.